The molecule has 1 unspecified atom stereocenters. The van der Waals surface area contributed by atoms with Crippen LogP contribution in [0.2, 0.25) is 5.02 Å². The first kappa shape index (κ1) is 19.5. The summed E-state index contributed by atoms with van der Waals surface area (Å²) in [6.07, 6.45) is 3.57. The zero-order chi connectivity index (χ0) is 20.2. The Morgan fingerprint density at radius 1 is 1.21 bits per heavy atom. The van der Waals surface area contributed by atoms with E-state index < -0.39 is 5.97 Å². The highest BCUT2D eigenvalue weighted by molar-refractivity contribution is 7.20. The first-order valence-corrected chi connectivity index (χ1v) is 10.3. The van der Waals surface area contributed by atoms with E-state index in [9.17, 15) is 9.59 Å². The monoisotopic (exact) mass is 427 g/mol. The van der Waals surface area contributed by atoms with E-state index in [-0.39, 0.29) is 18.6 Å². The van der Waals surface area contributed by atoms with Crippen molar-refractivity contribution in [1.82, 2.24) is 5.32 Å². The molecular formula is C22H18ClNO4S. The smallest absolute Gasteiger partial charge is 0.331 e. The zero-order valence-corrected chi connectivity index (χ0v) is 17.0. The number of benzene rings is 2. The molecule has 1 aromatic heterocycles. The van der Waals surface area contributed by atoms with Crippen molar-refractivity contribution in [2.24, 2.45) is 0 Å². The number of rotatable bonds is 5. The number of esters is 1. The molecule has 1 N–H and O–H groups in total. The summed E-state index contributed by atoms with van der Waals surface area (Å²) in [4.78, 5) is 25.0. The first-order chi connectivity index (χ1) is 14.1. The van der Waals surface area contributed by atoms with E-state index in [4.69, 9.17) is 21.1 Å². The lowest BCUT2D eigenvalue weighted by Crippen LogP contribution is -2.34. The summed E-state index contributed by atoms with van der Waals surface area (Å²) >= 11 is 7.84. The van der Waals surface area contributed by atoms with Crippen molar-refractivity contribution in [2.75, 3.05) is 13.2 Å². The fraction of sp³-hybridized carbons (Fsp3) is 0.182. The van der Waals surface area contributed by atoms with E-state index in [1.807, 2.05) is 48.5 Å². The minimum Gasteiger partial charge on any atom is -0.493 e. The van der Waals surface area contributed by atoms with E-state index in [1.165, 1.54) is 17.4 Å². The molecule has 1 aliphatic heterocycles. The van der Waals surface area contributed by atoms with Crippen LogP contribution in [0.25, 0.3) is 16.2 Å². The molecule has 0 saturated carbocycles. The molecule has 0 saturated heterocycles. The average Bonchev–Trinajstić information content (AvgIpc) is 3.07. The van der Waals surface area contributed by atoms with Crippen molar-refractivity contribution in [3.8, 4) is 5.75 Å². The number of ether oxygens (including phenoxy) is 2. The molecule has 1 atom stereocenters. The number of hydrogen-bond acceptors (Lipinski definition) is 5. The molecule has 4 rings (SSSR count). The molecule has 1 aliphatic rings. The van der Waals surface area contributed by atoms with Gasteiger partial charge in [-0.2, -0.15) is 0 Å². The van der Waals surface area contributed by atoms with Crippen LogP contribution in [0, 0.1) is 0 Å². The van der Waals surface area contributed by atoms with Crippen LogP contribution in [0.15, 0.2) is 54.6 Å². The summed E-state index contributed by atoms with van der Waals surface area (Å²) in [5.41, 5.74) is 0.928. The fourth-order valence-corrected chi connectivity index (χ4v) is 4.60. The molecule has 1 amide bonds. The van der Waals surface area contributed by atoms with Gasteiger partial charge in [0.2, 0.25) is 0 Å². The number of nitrogens with one attached hydrogen (secondary N) is 1. The average molecular weight is 428 g/mol. The van der Waals surface area contributed by atoms with Gasteiger partial charge in [-0.3, -0.25) is 4.79 Å². The van der Waals surface area contributed by atoms with Crippen LogP contribution in [-0.2, 0) is 14.3 Å². The van der Waals surface area contributed by atoms with Gasteiger partial charge in [0.05, 0.1) is 17.7 Å². The van der Waals surface area contributed by atoms with Crippen molar-refractivity contribution in [3.63, 3.8) is 0 Å². The molecule has 5 nitrogen and oxygen atoms in total. The Morgan fingerprint density at radius 3 is 2.86 bits per heavy atom. The van der Waals surface area contributed by atoms with E-state index in [1.54, 1.807) is 6.08 Å². The van der Waals surface area contributed by atoms with Crippen molar-refractivity contribution in [2.45, 2.75) is 12.5 Å². The lowest BCUT2D eigenvalue weighted by molar-refractivity contribution is -0.144. The molecule has 0 fully saturated rings. The Labute approximate surface area is 176 Å². The van der Waals surface area contributed by atoms with Crippen molar-refractivity contribution in [3.05, 3.63) is 70.1 Å². The van der Waals surface area contributed by atoms with E-state index in [2.05, 4.69) is 5.32 Å². The summed E-state index contributed by atoms with van der Waals surface area (Å²) in [7, 11) is 0. The van der Waals surface area contributed by atoms with Crippen LogP contribution >= 0.6 is 22.9 Å². The maximum absolute atomic E-state index is 12.2. The van der Waals surface area contributed by atoms with Crippen LogP contribution in [-0.4, -0.2) is 25.1 Å². The molecule has 2 aromatic carbocycles. The molecule has 29 heavy (non-hydrogen) atoms. The minimum atomic E-state index is -0.596. The maximum atomic E-state index is 12.2. The van der Waals surface area contributed by atoms with E-state index in [0.717, 1.165) is 26.3 Å². The fourth-order valence-electron chi connectivity index (χ4n) is 3.20. The van der Waals surface area contributed by atoms with Crippen LogP contribution in [0.3, 0.4) is 0 Å². The number of carbonyl (C=O) groups is 2. The molecule has 7 heteroatoms. The number of thiophene rings is 1. The second-order valence-corrected chi connectivity index (χ2v) is 7.97. The summed E-state index contributed by atoms with van der Waals surface area (Å²) in [5, 5.41) is 4.44. The highest BCUT2D eigenvalue weighted by Crippen LogP contribution is 2.36. The molecule has 148 valence electrons. The molecule has 0 spiro atoms. The van der Waals surface area contributed by atoms with Crippen LogP contribution < -0.4 is 10.1 Å². The van der Waals surface area contributed by atoms with Gasteiger partial charge in [0, 0.05) is 33.0 Å². The number of hydrogen-bond donors (Lipinski definition) is 1. The van der Waals surface area contributed by atoms with E-state index in [0.29, 0.717) is 18.1 Å². The van der Waals surface area contributed by atoms with Gasteiger partial charge in [0.25, 0.3) is 5.91 Å². The van der Waals surface area contributed by atoms with Gasteiger partial charge < -0.3 is 14.8 Å². The van der Waals surface area contributed by atoms with Crippen LogP contribution in [0.5, 0.6) is 5.75 Å². The van der Waals surface area contributed by atoms with Gasteiger partial charge in [-0.25, -0.2) is 4.79 Å². The summed E-state index contributed by atoms with van der Waals surface area (Å²) in [6.45, 7) is 0.184. The van der Waals surface area contributed by atoms with Crippen molar-refractivity contribution >= 4 is 51.0 Å². The minimum absolute atomic E-state index is 0.154. The predicted octanol–water partition coefficient (Wildman–Crippen LogP) is 4.75. The maximum Gasteiger partial charge on any atom is 0.331 e. The second kappa shape index (κ2) is 8.68. The Kier molecular flexibility index (Phi) is 5.83. The summed E-state index contributed by atoms with van der Waals surface area (Å²) in [5.74, 6) is -0.182. The quantitative estimate of drug-likeness (QED) is 0.471. The molecule has 0 aliphatic carbocycles. The Morgan fingerprint density at radius 2 is 2.00 bits per heavy atom. The zero-order valence-electron chi connectivity index (χ0n) is 15.4. The standard InChI is InChI=1S/C22H18ClNO4S/c23-22-15-6-2-4-8-18(15)29-19(22)9-10-21(26)28-13-20(25)24-16-11-12-27-17-7-3-1-5-14(16)17/h1-10,16H,11-13H2,(H,24,25)/b10-9+. The summed E-state index contributed by atoms with van der Waals surface area (Å²) < 4.78 is 11.7. The van der Waals surface area contributed by atoms with Gasteiger partial charge in [0.15, 0.2) is 6.61 Å². The molecular weight excluding hydrogens is 410 g/mol. The third-order valence-electron chi connectivity index (χ3n) is 4.57. The molecule has 2 heterocycles. The number of amides is 1. The Bertz CT molecular complexity index is 1090. The third kappa shape index (κ3) is 4.44. The number of fused-ring (bicyclic) bond motifs is 2. The highest BCUT2D eigenvalue weighted by Gasteiger charge is 2.22. The lowest BCUT2D eigenvalue weighted by Gasteiger charge is -2.26. The molecule has 3 aromatic rings. The van der Waals surface area contributed by atoms with Crippen molar-refractivity contribution in [1.29, 1.82) is 0 Å². The van der Waals surface area contributed by atoms with Gasteiger partial charge in [0.1, 0.15) is 5.75 Å². The Balaban J connectivity index is 1.32. The normalized spacial score (nSPS) is 15.7. The Hall–Kier alpha value is -2.83. The van der Waals surface area contributed by atoms with Gasteiger partial charge in [-0.05, 0) is 18.2 Å². The molecule has 0 radical (unpaired) electrons. The lowest BCUT2D eigenvalue weighted by atomic mass is 10.0. The predicted molar refractivity (Wildman–Crippen MR) is 114 cm³/mol. The van der Waals surface area contributed by atoms with Gasteiger partial charge >= 0.3 is 5.97 Å². The first-order valence-electron chi connectivity index (χ1n) is 9.15. The molecule has 0 bridgehead atoms. The van der Waals surface area contributed by atoms with Crippen molar-refractivity contribution < 1.29 is 19.1 Å². The van der Waals surface area contributed by atoms with Crippen LogP contribution in [0.1, 0.15) is 22.9 Å². The van der Waals surface area contributed by atoms with E-state index >= 15 is 0 Å². The number of halogens is 1. The van der Waals surface area contributed by atoms with Gasteiger partial charge in [-0.1, -0.05) is 48.0 Å². The highest BCUT2D eigenvalue weighted by atomic mass is 35.5. The number of para-hydroxylation sites is 1. The number of carbonyl (C=O) groups excluding carboxylic acids is 2. The second-order valence-electron chi connectivity index (χ2n) is 6.51. The summed E-state index contributed by atoms with van der Waals surface area (Å²) in [6, 6.07) is 15.2. The third-order valence-corrected chi connectivity index (χ3v) is 6.23. The SMILES string of the molecule is O=C(COC(=O)/C=C/c1sc2ccccc2c1Cl)NC1CCOc2ccccc21. The van der Waals surface area contributed by atoms with Crippen LogP contribution in [0.4, 0.5) is 0 Å². The largest absolute Gasteiger partial charge is 0.493 e. The van der Waals surface area contributed by atoms with Gasteiger partial charge in [-0.15, -0.1) is 11.3 Å². The topological polar surface area (TPSA) is 64.6 Å².